The van der Waals surface area contributed by atoms with E-state index in [0.717, 1.165) is 0 Å². The smallest absolute Gasteiger partial charge is 0.147 e. The Morgan fingerprint density at radius 2 is 0.857 bits per heavy atom. The number of rotatable bonds is 17. The summed E-state index contributed by atoms with van der Waals surface area (Å²) in [6.45, 7) is 6.28. The van der Waals surface area contributed by atoms with Crippen LogP contribution < -0.4 is 0 Å². The zero-order valence-corrected chi connectivity index (χ0v) is 19.7. The predicted molar refractivity (Wildman–Crippen MR) is 100 cm³/mol. The molecule has 0 rings (SSSR count). The van der Waals surface area contributed by atoms with Crippen LogP contribution in [0.1, 0.15) is 65.2 Å². The molecule has 158 valence electrons. The van der Waals surface area contributed by atoms with Gasteiger partial charge in [-0.1, -0.05) is 13.8 Å². The van der Waals surface area contributed by atoms with E-state index in [1.807, 2.05) is 0 Å². The zero-order chi connectivity index (χ0) is 20.8. The SMILES string of the molecule is [CH2-]C(=O)CCC(=O)CN(CC(=O)CCC(=O)CC)CC(=O)CCC(=O)CC.[W]. The molecular weight excluding hydrogens is 534 g/mol. The Morgan fingerprint density at radius 3 is 1.14 bits per heavy atom. The number of nitrogens with zero attached hydrogens (tertiary/aromatic N) is 1. The average Bonchev–Trinajstić information content (AvgIpc) is 2.62. The normalized spacial score (nSPS) is 10.2. The van der Waals surface area contributed by atoms with E-state index in [2.05, 4.69) is 6.92 Å². The van der Waals surface area contributed by atoms with Gasteiger partial charge in [0.05, 0.1) is 19.6 Å². The Balaban J connectivity index is 0. The van der Waals surface area contributed by atoms with Crippen molar-refractivity contribution in [1.82, 2.24) is 4.90 Å². The fraction of sp³-hybridized carbons (Fsp3) is 0.650. The molecule has 0 aromatic heterocycles. The van der Waals surface area contributed by atoms with Crippen molar-refractivity contribution in [1.29, 1.82) is 0 Å². The molecule has 0 amide bonds. The molecule has 7 nitrogen and oxygen atoms in total. The summed E-state index contributed by atoms with van der Waals surface area (Å²) in [6.07, 6.45) is 1.16. The van der Waals surface area contributed by atoms with Gasteiger partial charge in [-0.3, -0.25) is 28.9 Å². The molecule has 0 heterocycles. The monoisotopic (exact) mass is 564 g/mol. The molecule has 0 bridgehead atoms. The molecule has 28 heavy (non-hydrogen) atoms. The van der Waals surface area contributed by atoms with Crippen molar-refractivity contribution < 1.29 is 49.8 Å². The standard InChI is InChI=1S/C20H30NO6.W/c1-4-16(23)8-10-19(26)13-21(12-18(25)7-6-15(3)22)14-20(27)11-9-17(24)5-2;/h3-14H2,1-2H3;/q-1;. The minimum atomic E-state index is -0.349. The van der Waals surface area contributed by atoms with E-state index >= 15 is 0 Å². The quantitative estimate of drug-likeness (QED) is 0.248. The Bertz CT molecular complexity index is 539. The maximum absolute atomic E-state index is 12.1. The summed E-state index contributed by atoms with van der Waals surface area (Å²) in [5.74, 6) is -1.10. The fourth-order valence-electron chi connectivity index (χ4n) is 2.34. The van der Waals surface area contributed by atoms with Crippen molar-refractivity contribution in [2.45, 2.75) is 65.2 Å². The Hall–Kier alpha value is -1.46. The number of Topliss-reactive ketones (excluding diaryl/α,β-unsaturated/α-hetero) is 6. The summed E-state index contributed by atoms with van der Waals surface area (Å²) in [4.78, 5) is 71.2. The van der Waals surface area contributed by atoms with Gasteiger partial charge in [-0.15, -0.1) is 0 Å². The van der Waals surface area contributed by atoms with Crippen LogP contribution in [0.5, 0.6) is 0 Å². The summed E-state index contributed by atoms with van der Waals surface area (Å²) < 4.78 is 0. The van der Waals surface area contributed by atoms with E-state index in [4.69, 9.17) is 0 Å². The van der Waals surface area contributed by atoms with Gasteiger partial charge < -0.3 is 11.7 Å². The van der Waals surface area contributed by atoms with Crippen LogP contribution in [0.3, 0.4) is 0 Å². The molecule has 0 atom stereocenters. The summed E-state index contributed by atoms with van der Waals surface area (Å²) in [7, 11) is 0. The van der Waals surface area contributed by atoms with Crippen molar-refractivity contribution in [2.75, 3.05) is 19.6 Å². The van der Waals surface area contributed by atoms with Crippen LogP contribution in [0.2, 0.25) is 0 Å². The van der Waals surface area contributed by atoms with Gasteiger partial charge in [0.25, 0.3) is 0 Å². The molecule has 0 saturated heterocycles. The van der Waals surface area contributed by atoms with Crippen molar-refractivity contribution in [3.8, 4) is 0 Å². The van der Waals surface area contributed by atoms with Gasteiger partial charge >= 0.3 is 0 Å². The largest absolute Gasteiger partial charge is 0.339 e. The van der Waals surface area contributed by atoms with Gasteiger partial charge in [-0.05, 0) is 12.2 Å². The van der Waals surface area contributed by atoms with Crippen LogP contribution in [-0.2, 0) is 49.8 Å². The maximum atomic E-state index is 12.1. The average molecular weight is 564 g/mol. The van der Waals surface area contributed by atoms with Crippen LogP contribution in [0, 0.1) is 6.92 Å². The second kappa shape index (κ2) is 16.5. The molecule has 0 aromatic carbocycles. The predicted octanol–water partition coefficient (Wildman–Crippen LogP) is 1.70. The minimum Gasteiger partial charge on any atom is -0.339 e. The zero-order valence-electron chi connectivity index (χ0n) is 16.8. The fourth-order valence-corrected chi connectivity index (χ4v) is 2.34. The van der Waals surface area contributed by atoms with E-state index in [1.54, 1.807) is 13.8 Å². The van der Waals surface area contributed by atoms with Crippen molar-refractivity contribution in [2.24, 2.45) is 0 Å². The second-order valence-corrected chi connectivity index (χ2v) is 6.58. The summed E-state index contributed by atoms with van der Waals surface area (Å²) >= 11 is 0. The molecule has 0 saturated carbocycles. The Morgan fingerprint density at radius 1 is 0.571 bits per heavy atom. The molecular formula is C20H30NO6W-. The third kappa shape index (κ3) is 15.6. The molecule has 0 fully saturated rings. The third-order valence-electron chi connectivity index (χ3n) is 4.04. The van der Waals surface area contributed by atoms with Gasteiger partial charge in [0.15, 0.2) is 0 Å². The van der Waals surface area contributed by atoms with E-state index in [1.165, 1.54) is 4.90 Å². The van der Waals surface area contributed by atoms with E-state index in [9.17, 15) is 28.8 Å². The Labute approximate surface area is 181 Å². The molecule has 8 heteroatoms. The number of carbonyl (C=O) groups is 6. The number of carbonyl (C=O) groups excluding carboxylic acids is 6. The first kappa shape index (κ1) is 28.7. The van der Waals surface area contributed by atoms with Gasteiger partial charge in [0.2, 0.25) is 0 Å². The van der Waals surface area contributed by atoms with Crippen molar-refractivity contribution in [3.63, 3.8) is 0 Å². The molecule has 0 N–H and O–H groups in total. The van der Waals surface area contributed by atoms with Crippen LogP contribution in [0.25, 0.3) is 0 Å². The first-order valence-corrected chi connectivity index (χ1v) is 9.33. The van der Waals surface area contributed by atoms with Crippen LogP contribution in [0.4, 0.5) is 0 Å². The molecule has 0 aliphatic heterocycles. The number of hydrogen-bond acceptors (Lipinski definition) is 7. The van der Waals surface area contributed by atoms with E-state index in [0.29, 0.717) is 12.8 Å². The molecule has 0 unspecified atom stereocenters. The maximum Gasteiger partial charge on any atom is 0.147 e. The summed E-state index contributed by atoms with van der Waals surface area (Å²) in [5.41, 5.74) is 0. The van der Waals surface area contributed by atoms with Gasteiger partial charge in [-0.2, -0.15) is 0 Å². The molecule has 0 aliphatic rings. The molecule has 0 radical (unpaired) electrons. The van der Waals surface area contributed by atoms with Crippen LogP contribution >= 0.6 is 0 Å². The topological polar surface area (TPSA) is 106 Å². The summed E-state index contributed by atoms with van der Waals surface area (Å²) in [6, 6.07) is 0. The van der Waals surface area contributed by atoms with Gasteiger partial charge in [0.1, 0.15) is 28.9 Å². The minimum absolute atomic E-state index is 0. The second-order valence-electron chi connectivity index (χ2n) is 6.58. The van der Waals surface area contributed by atoms with Gasteiger partial charge in [-0.25, -0.2) is 0 Å². The number of hydrogen-bond donors (Lipinski definition) is 0. The molecule has 0 spiro atoms. The first-order valence-electron chi connectivity index (χ1n) is 9.33. The van der Waals surface area contributed by atoms with Crippen molar-refractivity contribution in [3.05, 3.63) is 6.92 Å². The molecule has 0 aromatic rings. The first-order chi connectivity index (χ1) is 12.7. The van der Waals surface area contributed by atoms with E-state index in [-0.39, 0.29) is 114 Å². The van der Waals surface area contributed by atoms with Crippen LogP contribution in [0.15, 0.2) is 0 Å². The van der Waals surface area contributed by atoms with Crippen LogP contribution in [-0.4, -0.2) is 59.2 Å². The molecule has 0 aliphatic carbocycles. The van der Waals surface area contributed by atoms with Crippen molar-refractivity contribution >= 4 is 34.7 Å². The third-order valence-corrected chi connectivity index (χ3v) is 4.04. The van der Waals surface area contributed by atoms with Gasteiger partial charge in [0, 0.05) is 66.0 Å². The Kier molecular flexibility index (Phi) is 16.9. The number of ketones is 6. The van der Waals surface area contributed by atoms with E-state index < -0.39 is 0 Å². The summed E-state index contributed by atoms with van der Waals surface area (Å²) in [5, 5.41) is 0.